The number of phenolic OH excluding ortho intramolecular Hbond substituents is 1. The van der Waals surface area contributed by atoms with Gasteiger partial charge < -0.3 is 24.6 Å². The smallest absolute Gasteiger partial charge is 0.337 e. The van der Waals surface area contributed by atoms with Crippen LogP contribution in [0.3, 0.4) is 0 Å². The van der Waals surface area contributed by atoms with Gasteiger partial charge >= 0.3 is 11.9 Å². The Labute approximate surface area is 211 Å². The van der Waals surface area contributed by atoms with Crippen LogP contribution in [0.4, 0.5) is 0 Å². The van der Waals surface area contributed by atoms with E-state index in [9.17, 15) is 19.5 Å². The molecule has 8 nitrogen and oxygen atoms in total. The maximum absolute atomic E-state index is 13.8. The van der Waals surface area contributed by atoms with Crippen LogP contribution in [0.2, 0.25) is 0 Å². The summed E-state index contributed by atoms with van der Waals surface area (Å²) in [5.41, 5.74) is 2.60. The second-order valence-corrected chi connectivity index (χ2v) is 9.86. The van der Waals surface area contributed by atoms with Crippen LogP contribution in [-0.2, 0) is 23.9 Å². The molecule has 4 rings (SSSR count). The van der Waals surface area contributed by atoms with Crippen molar-refractivity contribution >= 4 is 17.7 Å². The van der Waals surface area contributed by atoms with Crippen molar-refractivity contribution in [2.75, 3.05) is 13.7 Å². The molecule has 1 aliphatic heterocycles. The van der Waals surface area contributed by atoms with Gasteiger partial charge in [0.15, 0.2) is 17.3 Å². The SMILES string of the molecule is CCOc1cc([C@@H]2C(C(=O)OC3CCCCC3)=C(C)NC3=C2C(=O)[C@@H](C(=O)OC)[C@H](C)C3)ccc1O. The first-order chi connectivity index (χ1) is 17.3. The lowest BCUT2D eigenvalue weighted by molar-refractivity contribution is -0.151. The Morgan fingerprint density at radius 3 is 2.56 bits per heavy atom. The molecule has 0 amide bonds. The van der Waals surface area contributed by atoms with E-state index in [4.69, 9.17) is 14.2 Å². The predicted molar refractivity (Wildman–Crippen MR) is 132 cm³/mol. The van der Waals surface area contributed by atoms with Gasteiger partial charge in [-0.25, -0.2) is 4.79 Å². The monoisotopic (exact) mass is 497 g/mol. The fourth-order valence-corrected chi connectivity index (χ4v) is 5.66. The third-order valence-corrected chi connectivity index (χ3v) is 7.41. The van der Waals surface area contributed by atoms with Crippen LogP contribution in [0, 0.1) is 11.8 Å². The van der Waals surface area contributed by atoms with Crippen molar-refractivity contribution in [3.05, 3.63) is 46.3 Å². The molecular weight excluding hydrogens is 462 g/mol. The number of Topliss-reactive ketones (excluding diaryl/α,β-unsaturated/α-hetero) is 1. The number of carbonyl (C=O) groups excluding carboxylic acids is 3. The van der Waals surface area contributed by atoms with Crippen LogP contribution in [0.25, 0.3) is 0 Å². The highest BCUT2D eigenvalue weighted by atomic mass is 16.5. The van der Waals surface area contributed by atoms with Crippen molar-refractivity contribution < 1.29 is 33.7 Å². The summed E-state index contributed by atoms with van der Waals surface area (Å²) in [5, 5.41) is 13.6. The molecule has 1 heterocycles. The summed E-state index contributed by atoms with van der Waals surface area (Å²) in [5.74, 6) is -3.21. The summed E-state index contributed by atoms with van der Waals surface area (Å²) in [4.78, 5) is 40.1. The van der Waals surface area contributed by atoms with Crippen LogP contribution in [0.5, 0.6) is 11.5 Å². The standard InChI is InChI=1S/C28H35NO7/c1-5-35-21-14-17(11-12-20(21)30)24-23(28(33)36-18-9-7-6-8-10-18)16(3)29-19-13-15(2)22(27(32)34-4)26(31)25(19)24/h11-12,14-15,18,22,24,29-30H,5-10,13H2,1-4H3/t15-,22+,24-/m1/s1. The summed E-state index contributed by atoms with van der Waals surface area (Å²) >= 11 is 0. The maximum Gasteiger partial charge on any atom is 0.337 e. The summed E-state index contributed by atoms with van der Waals surface area (Å²) in [6.07, 6.45) is 5.09. The number of nitrogens with one attached hydrogen (secondary N) is 1. The molecule has 3 aliphatic rings. The molecule has 0 aromatic heterocycles. The van der Waals surface area contributed by atoms with E-state index in [1.165, 1.54) is 13.2 Å². The van der Waals surface area contributed by atoms with Gasteiger partial charge in [-0.2, -0.15) is 0 Å². The van der Waals surface area contributed by atoms with E-state index >= 15 is 0 Å². The fraction of sp³-hybridized carbons (Fsp3) is 0.536. The number of dihydropyridines is 1. The van der Waals surface area contributed by atoms with Gasteiger partial charge in [0.2, 0.25) is 0 Å². The molecule has 0 unspecified atom stereocenters. The van der Waals surface area contributed by atoms with E-state index in [1.807, 2.05) is 6.92 Å². The van der Waals surface area contributed by atoms with Crippen molar-refractivity contribution in [3.8, 4) is 11.5 Å². The number of benzene rings is 1. The zero-order valence-electron chi connectivity index (χ0n) is 21.4. The second-order valence-electron chi connectivity index (χ2n) is 9.86. The molecule has 0 spiro atoms. The number of carbonyl (C=O) groups is 3. The second kappa shape index (κ2) is 10.8. The highest BCUT2D eigenvalue weighted by molar-refractivity contribution is 6.12. The van der Waals surface area contributed by atoms with Gasteiger partial charge in [-0.05, 0) is 69.6 Å². The Morgan fingerprint density at radius 1 is 1.17 bits per heavy atom. The van der Waals surface area contributed by atoms with Gasteiger partial charge in [0, 0.05) is 22.9 Å². The fourth-order valence-electron chi connectivity index (χ4n) is 5.66. The van der Waals surface area contributed by atoms with Crippen molar-refractivity contribution in [3.63, 3.8) is 0 Å². The Morgan fingerprint density at radius 2 is 1.89 bits per heavy atom. The van der Waals surface area contributed by atoms with Gasteiger partial charge in [0.1, 0.15) is 12.0 Å². The van der Waals surface area contributed by atoms with Crippen molar-refractivity contribution in [2.24, 2.45) is 11.8 Å². The van der Waals surface area contributed by atoms with Crippen molar-refractivity contribution in [2.45, 2.75) is 71.3 Å². The third kappa shape index (κ3) is 4.86. The van der Waals surface area contributed by atoms with E-state index in [1.54, 1.807) is 26.0 Å². The number of ether oxygens (including phenoxy) is 3. The first-order valence-electron chi connectivity index (χ1n) is 12.8. The first-order valence-corrected chi connectivity index (χ1v) is 12.8. The average Bonchev–Trinajstić information content (AvgIpc) is 2.85. The number of methoxy groups -OCH3 is 1. The van der Waals surface area contributed by atoms with Crippen molar-refractivity contribution in [1.29, 1.82) is 0 Å². The molecule has 1 fully saturated rings. The molecule has 1 aromatic rings. The number of hydrogen-bond acceptors (Lipinski definition) is 8. The van der Waals surface area contributed by atoms with E-state index in [0.717, 1.165) is 32.1 Å². The summed E-state index contributed by atoms with van der Waals surface area (Å²) in [6.45, 7) is 5.80. The van der Waals surface area contributed by atoms with Crippen LogP contribution in [0.15, 0.2) is 40.7 Å². The van der Waals surface area contributed by atoms with Crippen LogP contribution >= 0.6 is 0 Å². The minimum Gasteiger partial charge on any atom is -0.504 e. The maximum atomic E-state index is 13.8. The molecule has 0 saturated heterocycles. The number of allylic oxidation sites excluding steroid dienone is 3. The molecular formula is C28H35NO7. The number of hydrogen-bond donors (Lipinski definition) is 2. The summed E-state index contributed by atoms with van der Waals surface area (Å²) in [6, 6.07) is 4.83. The molecule has 2 aliphatic carbocycles. The van der Waals surface area contributed by atoms with Gasteiger partial charge in [-0.15, -0.1) is 0 Å². The van der Waals surface area contributed by atoms with Gasteiger partial charge in [0.05, 0.1) is 19.3 Å². The topological polar surface area (TPSA) is 111 Å². The van der Waals surface area contributed by atoms with Crippen LogP contribution in [0.1, 0.15) is 70.8 Å². The zero-order chi connectivity index (χ0) is 26.0. The largest absolute Gasteiger partial charge is 0.504 e. The zero-order valence-corrected chi connectivity index (χ0v) is 21.4. The van der Waals surface area contributed by atoms with E-state index < -0.39 is 23.8 Å². The number of rotatable bonds is 6. The van der Waals surface area contributed by atoms with Crippen LogP contribution in [-0.4, -0.2) is 42.6 Å². The highest BCUT2D eigenvalue weighted by Gasteiger charge is 2.47. The molecule has 1 aromatic carbocycles. The Balaban J connectivity index is 1.82. The lowest BCUT2D eigenvalue weighted by Crippen LogP contribution is -2.43. The Hall–Kier alpha value is -3.29. The summed E-state index contributed by atoms with van der Waals surface area (Å²) < 4.78 is 16.5. The van der Waals surface area contributed by atoms with E-state index in [2.05, 4.69) is 5.32 Å². The average molecular weight is 498 g/mol. The van der Waals surface area contributed by atoms with Crippen molar-refractivity contribution in [1.82, 2.24) is 5.32 Å². The summed E-state index contributed by atoms with van der Waals surface area (Å²) in [7, 11) is 1.27. The van der Waals surface area contributed by atoms with Gasteiger partial charge in [0.25, 0.3) is 0 Å². The van der Waals surface area contributed by atoms with Gasteiger partial charge in [-0.1, -0.05) is 19.4 Å². The lowest BCUT2D eigenvalue weighted by Gasteiger charge is -2.38. The number of ketones is 1. The molecule has 2 N–H and O–H groups in total. The van der Waals surface area contributed by atoms with E-state index in [-0.39, 0.29) is 29.3 Å². The molecule has 3 atom stereocenters. The minimum absolute atomic E-state index is 0.0354. The quantitative estimate of drug-likeness (QED) is 0.443. The Kier molecular flexibility index (Phi) is 7.71. The Bertz CT molecular complexity index is 1110. The van der Waals surface area contributed by atoms with Gasteiger partial charge in [-0.3, -0.25) is 9.59 Å². The highest BCUT2D eigenvalue weighted by Crippen LogP contribution is 2.47. The van der Waals surface area contributed by atoms with E-state index in [0.29, 0.717) is 41.1 Å². The molecule has 0 radical (unpaired) electrons. The first kappa shape index (κ1) is 25.8. The number of esters is 2. The van der Waals surface area contributed by atoms with Crippen LogP contribution < -0.4 is 10.1 Å². The predicted octanol–water partition coefficient (Wildman–Crippen LogP) is 4.28. The molecule has 36 heavy (non-hydrogen) atoms. The molecule has 8 heteroatoms. The lowest BCUT2D eigenvalue weighted by atomic mass is 9.69. The molecule has 0 bridgehead atoms. The number of aromatic hydroxyl groups is 1. The third-order valence-electron chi connectivity index (χ3n) is 7.41. The number of phenols is 1. The normalized spacial score (nSPS) is 24.7. The molecule has 194 valence electrons. The molecule has 1 saturated carbocycles. The minimum atomic E-state index is -0.962.